The van der Waals surface area contributed by atoms with E-state index in [-0.39, 0.29) is 0 Å². The molecule has 0 rings (SSSR count). The van der Waals surface area contributed by atoms with Crippen molar-refractivity contribution in [3.8, 4) is 0 Å². The molecule has 0 aliphatic carbocycles. The molecule has 0 heteroatoms. The molecule has 0 N–H and O–H groups in total. The minimum absolute atomic E-state index is 0.882. The lowest BCUT2D eigenvalue weighted by Gasteiger charge is -2.17. The van der Waals surface area contributed by atoms with Gasteiger partial charge in [0.1, 0.15) is 0 Å². The molecule has 0 bridgehead atoms. The molecule has 0 nitrogen and oxygen atoms in total. The molecule has 0 radical (unpaired) electrons. The summed E-state index contributed by atoms with van der Waals surface area (Å²) in [5, 5.41) is 0. The summed E-state index contributed by atoms with van der Waals surface area (Å²) in [4.78, 5) is 0. The van der Waals surface area contributed by atoms with Gasteiger partial charge in [-0.2, -0.15) is 0 Å². The van der Waals surface area contributed by atoms with Crippen LogP contribution in [-0.2, 0) is 0 Å². The van der Waals surface area contributed by atoms with E-state index in [9.17, 15) is 0 Å². The summed E-state index contributed by atoms with van der Waals surface area (Å²) in [7, 11) is 0. The first kappa shape index (κ1) is 44.1. The van der Waals surface area contributed by atoms with Crippen LogP contribution in [0.2, 0.25) is 0 Å². The monoisotopic (exact) mass is 593 g/mol. The predicted molar refractivity (Wildman–Crippen MR) is 198 cm³/mol. The van der Waals surface area contributed by atoms with Crippen LogP contribution in [0.15, 0.2) is 0 Å². The van der Waals surface area contributed by atoms with E-state index in [1.165, 1.54) is 141 Å². The highest BCUT2D eigenvalue weighted by Crippen LogP contribution is 2.25. The lowest BCUT2D eigenvalue weighted by Crippen LogP contribution is -2.03. The third-order valence-corrected chi connectivity index (χ3v) is 10.9. The van der Waals surface area contributed by atoms with E-state index in [0.29, 0.717) is 0 Å². The van der Waals surface area contributed by atoms with E-state index in [1.807, 2.05) is 0 Å². The predicted octanol–water partition coefficient (Wildman–Crippen LogP) is 15.7. The second-order valence-corrected chi connectivity index (χ2v) is 16.1. The largest absolute Gasteiger partial charge is 0.0651 e. The van der Waals surface area contributed by atoms with Crippen LogP contribution in [0.25, 0.3) is 0 Å². The fraction of sp³-hybridized carbons (Fsp3) is 1.00. The van der Waals surface area contributed by atoms with Gasteiger partial charge in [0.15, 0.2) is 0 Å². The van der Waals surface area contributed by atoms with E-state index in [2.05, 4.69) is 83.1 Å². The molecule has 0 heterocycles. The van der Waals surface area contributed by atoms with Crippen molar-refractivity contribution in [2.75, 3.05) is 0 Å². The Bertz CT molecular complexity index is 484. The van der Waals surface area contributed by atoms with Gasteiger partial charge in [-0.3, -0.25) is 0 Å². The normalized spacial score (nSPS) is 16.8. The SMILES string of the molecule is CCC(C)CCCC(C)CCCC(C)CCCC(C)CC.CCC(C)CCCC(C)CCCC(CC)CCCC(C)C. The van der Waals surface area contributed by atoms with Crippen LogP contribution in [0.4, 0.5) is 0 Å². The summed E-state index contributed by atoms with van der Waals surface area (Å²) < 4.78 is 0. The van der Waals surface area contributed by atoms with E-state index in [1.54, 1.807) is 0 Å². The molecule has 0 amide bonds. The summed E-state index contributed by atoms with van der Waals surface area (Å²) in [6.45, 7) is 28.6. The number of hydrogen-bond acceptors (Lipinski definition) is 0. The Hall–Kier alpha value is 0. The number of hydrogen-bond donors (Lipinski definition) is 0. The van der Waals surface area contributed by atoms with E-state index in [0.717, 1.165) is 47.3 Å². The quantitative estimate of drug-likeness (QED) is 0.0847. The fourth-order valence-electron chi connectivity index (χ4n) is 6.43. The standard InChI is InChI=1S/2C21H44/c1-7-19(5)13-10-14-20(6)15-11-17-21(8-2)16-9-12-18(3)4;1-7-18(3)12-9-14-20(5)16-11-17-21(6)15-10-13-19(4)8-2/h2*18-21H,7-17H2,1-6H3. The topological polar surface area (TPSA) is 0 Å². The average molecular weight is 593 g/mol. The molecular weight excluding hydrogens is 504 g/mol. The maximum absolute atomic E-state index is 2.47. The van der Waals surface area contributed by atoms with Gasteiger partial charge < -0.3 is 0 Å². The van der Waals surface area contributed by atoms with Crippen molar-refractivity contribution in [3.05, 3.63) is 0 Å². The first-order valence-corrected chi connectivity index (χ1v) is 20.0. The van der Waals surface area contributed by atoms with Crippen molar-refractivity contribution in [1.82, 2.24) is 0 Å². The molecule has 0 aliphatic rings. The van der Waals surface area contributed by atoms with Gasteiger partial charge in [-0.25, -0.2) is 0 Å². The summed E-state index contributed by atoms with van der Waals surface area (Å²) in [6, 6.07) is 0. The van der Waals surface area contributed by atoms with Crippen molar-refractivity contribution in [2.24, 2.45) is 47.3 Å². The smallest absolute Gasteiger partial charge is 0.0417 e. The Morgan fingerprint density at radius 1 is 0.262 bits per heavy atom. The van der Waals surface area contributed by atoms with Crippen molar-refractivity contribution >= 4 is 0 Å². The molecule has 0 fully saturated rings. The van der Waals surface area contributed by atoms with Crippen LogP contribution in [0.1, 0.15) is 224 Å². The second kappa shape index (κ2) is 31.0. The molecule has 7 unspecified atom stereocenters. The minimum Gasteiger partial charge on any atom is -0.0651 e. The van der Waals surface area contributed by atoms with Gasteiger partial charge in [-0.1, -0.05) is 224 Å². The minimum atomic E-state index is 0.882. The Morgan fingerprint density at radius 2 is 0.500 bits per heavy atom. The van der Waals surface area contributed by atoms with Gasteiger partial charge in [-0.15, -0.1) is 0 Å². The van der Waals surface area contributed by atoms with E-state index < -0.39 is 0 Å². The van der Waals surface area contributed by atoms with Gasteiger partial charge in [-0.05, 0) is 47.3 Å². The Kier molecular flexibility index (Phi) is 32.6. The van der Waals surface area contributed by atoms with Crippen LogP contribution in [0, 0.1) is 47.3 Å². The van der Waals surface area contributed by atoms with Gasteiger partial charge >= 0.3 is 0 Å². The average Bonchev–Trinajstić information content (AvgIpc) is 2.96. The van der Waals surface area contributed by atoms with Crippen LogP contribution in [-0.4, -0.2) is 0 Å². The highest BCUT2D eigenvalue weighted by atomic mass is 14.2. The Balaban J connectivity index is 0. The summed E-state index contributed by atoms with van der Waals surface area (Å²) in [5.41, 5.74) is 0. The van der Waals surface area contributed by atoms with Crippen molar-refractivity contribution in [1.29, 1.82) is 0 Å². The second-order valence-electron chi connectivity index (χ2n) is 16.1. The lowest BCUT2D eigenvalue weighted by atomic mass is 9.89. The van der Waals surface area contributed by atoms with Gasteiger partial charge in [0.05, 0.1) is 0 Å². The zero-order valence-electron chi connectivity index (χ0n) is 32.2. The zero-order valence-corrected chi connectivity index (χ0v) is 32.2. The van der Waals surface area contributed by atoms with Gasteiger partial charge in [0.2, 0.25) is 0 Å². The summed E-state index contributed by atoms with van der Waals surface area (Å²) in [5.74, 6) is 7.52. The molecular formula is C42H88. The third-order valence-electron chi connectivity index (χ3n) is 10.9. The van der Waals surface area contributed by atoms with Crippen LogP contribution in [0.3, 0.4) is 0 Å². The van der Waals surface area contributed by atoms with Crippen LogP contribution in [0.5, 0.6) is 0 Å². The first-order chi connectivity index (χ1) is 20.0. The van der Waals surface area contributed by atoms with Crippen LogP contribution >= 0.6 is 0 Å². The first-order valence-electron chi connectivity index (χ1n) is 20.0. The van der Waals surface area contributed by atoms with Gasteiger partial charge in [0.25, 0.3) is 0 Å². The molecule has 0 saturated carbocycles. The van der Waals surface area contributed by atoms with Crippen molar-refractivity contribution < 1.29 is 0 Å². The molecule has 0 aromatic rings. The highest BCUT2D eigenvalue weighted by Gasteiger charge is 2.10. The van der Waals surface area contributed by atoms with Crippen molar-refractivity contribution in [3.63, 3.8) is 0 Å². The molecule has 42 heavy (non-hydrogen) atoms. The Labute approximate surface area is 271 Å². The molecule has 0 aliphatic heterocycles. The molecule has 0 aromatic heterocycles. The van der Waals surface area contributed by atoms with E-state index >= 15 is 0 Å². The fourth-order valence-corrected chi connectivity index (χ4v) is 6.43. The van der Waals surface area contributed by atoms with Crippen molar-refractivity contribution in [2.45, 2.75) is 224 Å². The summed E-state index contributed by atoms with van der Waals surface area (Å²) in [6.07, 6.45) is 31.5. The Morgan fingerprint density at radius 3 is 0.738 bits per heavy atom. The van der Waals surface area contributed by atoms with Gasteiger partial charge in [0, 0.05) is 0 Å². The molecule has 0 aromatic carbocycles. The maximum Gasteiger partial charge on any atom is -0.0417 e. The zero-order chi connectivity index (χ0) is 32.2. The highest BCUT2D eigenvalue weighted by molar-refractivity contribution is 4.63. The summed E-state index contributed by atoms with van der Waals surface area (Å²) >= 11 is 0. The molecule has 7 atom stereocenters. The third kappa shape index (κ3) is 31.4. The molecule has 0 spiro atoms. The molecule has 256 valence electrons. The molecule has 0 saturated heterocycles. The van der Waals surface area contributed by atoms with E-state index in [4.69, 9.17) is 0 Å². The number of rotatable bonds is 28. The van der Waals surface area contributed by atoms with Crippen LogP contribution < -0.4 is 0 Å². The maximum atomic E-state index is 2.47. The lowest BCUT2D eigenvalue weighted by molar-refractivity contribution is 0.356.